The van der Waals surface area contributed by atoms with Crippen LogP contribution in [0.4, 0.5) is 5.69 Å². The van der Waals surface area contributed by atoms with E-state index in [0.717, 1.165) is 42.2 Å². The fourth-order valence-corrected chi connectivity index (χ4v) is 2.13. The molecule has 0 bridgehead atoms. The van der Waals surface area contributed by atoms with Crippen LogP contribution in [-0.4, -0.2) is 18.2 Å². The average molecular weight is 242 g/mol. The Morgan fingerprint density at radius 1 is 1.31 bits per heavy atom. The van der Waals surface area contributed by atoms with Crippen molar-refractivity contribution in [3.05, 3.63) is 28.8 Å². The fraction of sp³-hybridized carbons (Fsp3) is 0.538. The average Bonchev–Trinajstić information content (AvgIpc) is 2.31. The van der Waals surface area contributed by atoms with Gasteiger partial charge in [-0.25, -0.2) is 0 Å². The van der Waals surface area contributed by atoms with Gasteiger partial charge in [-0.1, -0.05) is 37.1 Å². The van der Waals surface area contributed by atoms with Gasteiger partial charge in [0.25, 0.3) is 0 Å². The molecule has 90 valence electrons. The number of halogens is 1. The number of rotatable bonds is 6. The highest BCUT2D eigenvalue weighted by atomic mass is 35.5. The number of hydrogen-bond acceptors (Lipinski definition) is 2. The molecule has 1 N–H and O–H groups in total. The number of unbranched alkanes of at least 4 members (excludes halogenated alkanes) is 1. The maximum absolute atomic E-state index is 9.33. The molecule has 0 amide bonds. The zero-order chi connectivity index (χ0) is 12.0. The number of hydrogen-bond donors (Lipinski definition) is 1. The minimum atomic E-state index is 0.0402. The Kier molecular flexibility index (Phi) is 5.64. The Bertz CT molecular complexity index is 328. The van der Waals surface area contributed by atoms with Crippen LogP contribution in [-0.2, 0) is 6.61 Å². The number of anilines is 1. The number of benzene rings is 1. The van der Waals surface area contributed by atoms with Crippen molar-refractivity contribution in [2.24, 2.45) is 0 Å². The minimum absolute atomic E-state index is 0.0402. The molecular weight excluding hydrogens is 222 g/mol. The largest absolute Gasteiger partial charge is 0.392 e. The molecule has 0 fully saturated rings. The van der Waals surface area contributed by atoms with Crippen molar-refractivity contribution < 1.29 is 5.11 Å². The normalized spacial score (nSPS) is 10.5. The maximum atomic E-state index is 9.33. The molecule has 0 atom stereocenters. The van der Waals surface area contributed by atoms with Crippen molar-refractivity contribution in [3.63, 3.8) is 0 Å². The molecule has 0 aromatic heterocycles. The van der Waals surface area contributed by atoms with Gasteiger partial charge in [0.2, 0.25) is 0 Å². The molecule has 0 aliphatic heterocycles. The van der Waals surface area contributed by atoms with Gasteiger partial charge in [-0.3, -0.25) is 0 Å². The first-order valence-corrected chi connectivity index (χ1v) is 6.25. The van der Waals surface area contributed by atoms with Crippen LogP contribution < -0.4 is 4.90 Å². The monoisotopic (exact) mass is 241 g/mol. The second kappa shape index (κ2) is 6.77. The molecule has 0 saturated heterocycles. The van der Waals surface area contributed by atoms with Crippen molar-refractivity contribution in [1.29, 1.82) is 0 Å². The number of aliphatic hydroxyl groups is 1. The Hall–Kier alpha value is -0.730. The van der Waals surface area contributed by atoms with E-state index in [2.05, 4.69) is 18.7 Å². The summed E-state index contributed by atoms with van der Waals surface area (Å²) in [4.78, 5) is 2.23. The number of aliphatic hydroxyl groups excluding tert-OH is 1. The predicted molar refractivity (Wildman–Crippen MR) is 70.2 cm³/mol. The van der Waals surface area contributed by atoms with Crippen LogP contribution in [0, 0.1) is 0 Å². The number of nitrogens with zero attached hydrogens (tertiary/aromatic N) is 1. The lowest BCUT2D eigenvalue weighted by Crippen LogP contribution is -2.25. The summed E-state index contributed by atoms with van der Waals surface area (Å²) in [5.41, 5.74) is 1.90. The lowest BCUT2D eigenvalue weighted by Gasteiger charge is -2.26. The third kappa shape index (κ3) is 3.13. The summed E-state index contributed by atoms with van der Waals surface area (Å²) in [6.07, 6.45) is 2.30. The first-order chi connectivity index (χ1) is 7.74. The predicted octanol–water partition coefficient (Wildman–Crippen LogP) is 3.46. The van der Waals surface area contributed by atoms with Crippen LogP contribution in [0.5, 0.6) is 0 Å². The molecule has 3 heteroatoms. The molecule has 0 saturated carbocycles. The summed E-state index contributed by atoms with van der Waals surface area (Å²) in [5.74, 6) is 0. The molecule has 1 rings (SSSR count). The Morgan fingerprint density at radius 3 is 2.62 bits per heavy atom. The van der Waals surface area contributed by atoms with E-state index in [-0.39, 0.29) is 6.61 Å². The molecule has 0 unspecified atom stereocenters. The molecule has 0 radical (unpaired) electrons. The van der Waals surface area contributed by atoms with Gasteiger partial charge >= 0.3 is 0 Å². The van der Waals surface area contributed by atoms with Crippen LogP contribution >= 0.6 is 11.6 Å². The van der Waals surface area contributed by atoms with E-state index in [1.807, 2.05) is 18.2 Å². The van der Waals surface area contributed by atoms with Gasteiger partial charge < -0.3 is 10.0 Å². The van der Waals surface area contributed by atoms with E-state index in [9.17, 15) is 5.11 Å². The van der Waals surface area contributed by atoms with E-state index >= 15 is 0 Å². The van der Waals surface area contributed by atoms with Crippen molar-refractivity contribution >= 4 is 17.3 Å². The smallest absolute Gasteiger partial charge is 0.0702 e. The summed E-state index contributed by atoms with van der Waals surface area (Å²) in [7, 11) is 0. The summed E-state index contributed by atoms with van der Waals surface area (Å²) in [5, 5.41) is 10.1. The van der Waals surface area contributed by atoms with Crippen molar-refractivity contribution in [2.45, 2.75) is 33.3 Å². The molecule has 16 heavy (non-hydrogen) atoms. The summed E-state index contributed by atoms with van der Waals surface area (Å²) in [6.45, 7) is 6.23. The lowest BCUT2D eigenvalue weighted by molar-refractivity contribution is 0.282. The summed E-state index contributed by atoms with van der Waals surface area (Å²) >= 11 is 6.21. The quantitative estimate of drug-likeness (QED) is 0.825. The van der Waals surface area contributed by atoms with Gasteiger partial charge in [-0.15, -0.1) is 0 Å². The molecule has 1 aromatic carbocycles. The highest BCUT2D eigenvalue weighted by Gasteiger charge is 2.12. The van der Waals surface area contributed by atoms with Crippen molar-refractivity contribution in [1.82, 2.24) is 0 Å². The highest BCUT2D eigenvalue weighted by Crippen LogP contribution is 2.30. The Morgan fingerprint density at radius 2 is 2.06 bits per heavy atom. The van der Waals surface area contributed by atoms with Crippen LogP contribution in [0.2, 0.25) is 5.02 Å². The van der Waals surface area contributed by atoms with E-state index in [0.29, 0.717) is 0 Å². The summed E-state index contributed by atoms with van der Waals surface area (Å²) in [6, 6.07) is 5.69. The van der Waals surface area contributed by atoms with Gasteiger partial charge in [0.05, 0.1) is 17.3 Å². The molecule has 0 heterocycles. The molecule has 0 spiro atoms. The second-order valence-electron chi connectivity index (χ2n) is 3.84. The van der Waals surface area contributed by atoms with Gasteiger partial charge in [-0.2, -0.15) is 0 Å². The first kappa shape index (κ1) is 13.3. The van der Waals surface area contributed by atoms with Crippen LogP contribution in [0.3, 0.4) is 0 Å². The van der Waals surface area contributed by atoms with Gasteiger partial charge in [0.15, 0.2) is 0 Å². The first-order valence-electron chi connectivity index (χ1n) is 5.87. The zero-order valence-corrected chi connectivity index (χ0v) is 10.8. The third-order valence-corrected chi connectivity index (χ3v) is 3.03. The summed E-state index contributed by atoms with van der Waals surface area (Å²) < 4.78 is 0. The molecule has 0 aliphatic carbocycles. The Balaban J connectivity index is 2.97. The van der Waals surface area contributed by atoms with Crippen LogP contribution in [0.25, 0.3) is 0 Å². The maximum Gasteiger partial charge on any atom is 0.0702 e. The Labute approximate surface area is 103 Å². The molecular formula is C13H20ClNO. The highest BCUT2D eigenvalue weighted by molar-refractivity contribution is 6.33. The standard InChI is InChI=1S/C13H20ClNO/c1-3-5-9-15(4-2)13-11(10-16)7-6-8-12(13)14/h6-8,16H,3-5,9-10H2,1-2H3. The minimum Gasteiger partial charge on any atom is -0.392 e. The third-order valence-electron chi connectivity index (χ3n) is 2.72. The SMILES string of the molecule is CCCCN(CC)c1c(Cl)cccc1CO. The topological polar surface area (TPSA) is 23.5 Å². The van der Waals surface area contributed by atoms with Gasteiger partial charge in [0, 0.05) is 18.7 Å². The van der Waals surface area contributed by atoms with Crippen molar-refractivity contribution in [3.8, 4) is 0 Å². The van der Waals surface area contributed by atoms with Crippen LogP contribution in [0.1, 0.15) is 32.3 Å². The fourth-order valence-electron chi connectivity index (χ4n) is 1.82. The zero-order valence-electron chi connectivity index (χ0n) is 10.0. The van der Waals surface area contributed by atoms with E-state index in [1.54, 1.807) is 0 Å². The van der Waals surface area contributed by atoms with E-state index < -0.39 is 0 Å². The molecule has 2 nitrogen and oxygen atoms in total. The lowest BCUT2D eigenvalue weighted by atomic mass is 10.1. The van der Waals surface area contributed by atoms with Crippen LogP contribution in [0.15, 0.2) is 18.2 Å². The molecule has 0 aliphatic rings. The van der Waals surface area contributed by atoms with Gasteiger partial charge in [-0.05, 0) is 19.4 Å². The van der Waals surface area contributed by atoms with Gasteiger partial charge in [0.1, 0.15) is 0 Å². The molecule has 1 aromatic rings. The number of para-hydroxylation sites is 1. The van der Waals surface area contributed by atoms with E-state index in [1.165, 1.54) is 0 Å². The van der Waals surface area contributed by atoms with Crippen molar-refractivity contribution in [2.75, 3.05) is 18.0 Å². The second-order valence-corrected chi connectivity index (χ2v) is 4.25. The van der Waals surface area contributed by atoms with E-state index in [4.69, 9.17) is 11.6 Å².